The Morgan fingerprint density at radius 1 is 1.26 bits per heavy atom. The maximum absolute atomic E-state index is 12.8. The van der Waals surface area contributed by atoms with Crippen molar-refractivity contribution < 1.29 is 9.53 Å². The van der Waals surface area contributed by atoms with Crippen LogP contribution in [0.25, 0.3) is 16.8 Å². The highest BCUT2D eigenvalue weighted by Crippen LogP contribution is 2.24. The molecule has 0 aliphatic rings. The zero-order valence-corrected chi connectivity index (χ0v) is 15.6. The second-order valence-electron chi connectivity index (χ2n) is 6.36. The summed E-state index contributed by atoms with van der Waals surface area (Å²) in [5, 5.41) is 0. The number of pyridine rings is 1. The summed E-state index contributed by atoms with van der Waals surface area (Å²) in [4.78, 5) is 40.9. The third kappa shape index (κ3) is 2.95. The van der Waals surface area contributed by atoms with Crippen molar-refractivity contribution in [1.29, 1.82) is 0 Å². The fourth-order valence-electron chi connectivity index (χ4n) is 3.15. The fourth-order valence-corrected chi connectivity index (χ4v) is 3.15. The first-order chi connectivity index (χ1) is 12.8. The van der Waals surface area contributed by atoms with Crippen LogP contribution in [-0.2, 0) is 30.0 Å². The fraction of sp³-hybridized carbons (Fsp3) is 0.333. The zero-order valence-electron chi connectivity index (χ0n) is 15.6. The number of hydrogen-bond acceptors (Lipinski definition) is 6. The lowest BCUT2D eigenvalue weighted by atomic mass is 10.0. The molecule has 1 atom stereocenters. The summed E-state index contributed by atoms with van der Waals surface area (Å²) in [5.74, 6) is -0.505. The quantitative estimate of drug-likeness (QED) is 0.633. The molecule has 9 nitrogen and oxygen atoms in total. The van der Waals surface area contributed by atoms with Gasteiger partial charge in [-0.15, -0.1) is 0 Å². The minimum Gasteiger partial charge on any atom is -0.468 e. The Labute approximate surface area is 154 Å². The molecule has 0 saturated carbocycles. The van der Waals surface area contributed by atoms with Gasteiger partial charge in [0.05, 0.1) is 12.7 Å². The van der Waals surface area contributed by atoms with E-state index in [0.29, 0.717) is 22.5 Å². The first-order valence-electron chi connectivity index (χ1n) is 8.33. The van der Waals surface area contributed by atoms with Crippen molar-refractivity contribution >= 4 is 11.6 Å². The largest absolute Gasteiger partial charge is 0.468 e. The molecule has 142 valence electrons. The lowest BCUT2D eigenvalue weighted by molar-refractivity contribution is -0.142. The number of carbonyl (C=O) groups excluding carboxylic acids is 1. The van der Waals surface area contributed by atoms with E-state index in [1.54, 1.807) is 42.9 Å². The summed E-state index contributed by atoms with van der Waals surface area (Å²) in [6.07, 6.45) is 3.60. The normalized spacial score (nSPS) is 12.3. The second-order valence-corrected chi connectivity index (χ2v) is 6.36. The molecule has 27 heavy (non-hydrogen) atoms. The smallest absolute Gasteiger partial charge is 0.330 e. The lowest BCUT2D eigenvalue weighted by Crippen LogP contribution is -2.39. The Morgan fingerprint density at radius 3 is 2.63 bits per heavy atom. The van der Waals surface area contributed by atoms with E-state index in [1.165, 1.54) is 18.7 Å². The van der Waals surface area contributed by atoms with Crippen molar-refractivity contribution in [3.8, 4) is 11.1 Å². The number of aromatic nitrogens is 4. The number of hydrogen-bond donors (Lipinski definition) is 1. The van der Waals surface area contributed by atoms with Crippen molar-refractivity contribution in [1.82, 2.24) is 18.5 Å². The van der Waals surface area contributed by atoms with Crippen molar-refractivity contribution in [2.24, 2.45) is 19.8 Å². The predicted octanol–water partition coefficient (Wildman–Crippen LogP) is -0.250. The summed E-state index contributed by atoms with van der Waals surface area (Å²) in [6, 6.07) is 2.74. The van der Waals surface area contributed by atoms with E-state index < -0.39 is 12.0 Å². The lowest BCUT2D eigenvalue weighted by Gasteiger charge is -2.15. The summed E-state index contributed by atoms with van der Waals surface area (Å²) >= 11 is 0. The molecule has 0 fully saturated rings. The average Bonchev–Trinajstić information content (AvgIpc) is 3.16. The van der Waals surface area contributed by atoms with Gasteiger partial charge in [-0.25, -0.2) is 9.78 Å². The van der Waals surface area contributed by atoms with Crippen LogP contribution < -0.4 is 17.0 Å². The standard InChI is InChI=1S/C18H21N5O4/c1-10-14(16(24)22(3)18(26)21(10)2)12-6-5-11(9-13(19)17(25)27-4)23-8-7-20-15(12)23/h5-8,13H,9,19H2,1-4H3/t13-/m0/s1. The third-order valence-electron chi connectivity index (χ3n) is 4.79. The van der Waals surface area contributed by atoms with Gasteiger partial charge in [0.2, 0.25) is 0 Å². The number of nitrogens with zero attached hydrogens (tertiary/aromatic N) is 4. The molecule has 0 saturated heterocycles. The Balaban J connectivity index is 2.22. The first kappa shape index (κ1) is 18.6. The summed E-state index contributed by atoms with van der Waals surface area (Å²) in [5.41, 5.74) is 7.95. The van der Waals surface area contributed by atoms with E-state index in [-0.39, 0.29) is 17.7 Å². The van der Waals surface area contributed by atoms with Gasteiger partial charge in [0, 0.05) is 49.9 Å². The van der Waals surface area contributed by atoms with E-state index in [2.05, 4.69) is 9.72 Å². The molecule has 0 aromatic carbocycles. The molecule has 9 heteroatoms. The van der Waals surface area contributed by atoms with Gasteiger partial charge in [-0.1, -0.05) is 0 Å². The molecular formula is C18H21N5O4. The average molecular weight is 371 g/mol. The van der Waals surface area contributed by atoms with Crippen LogP contribution in [0.3, 0.4) is 0 Å². The van der Waals surface area contributed by atoms with Crippen molar-refractivity contribution in [3.05, 3.63) is 56.8 Å². The van der Waals surface area contributed by atoms with Gasteiger partial charge in [0.15, 0.2) is 0 Å². The Kier molecular flexibility index (Phi) is 4.71. The SMILES string of the molecule is COC(=O)[C@@H](N)Cc1ccc(-c2c(C)n(C)c(=O)n(C)c2=O)c2nccn12. The van der Waals surface area contributed by atoms with E-state index in [4.69, 9.17) is 5.73 Å². The van der Waals surface area contributed by atoms with Crippen LogP contribution in [0.2, 0.25) is 0 Å². The molecule has 2 N–H and O–H groups in total. The first-order valence-corrected chi connectivity index (χ1v) is 8.33. The molecular weight excluding hydrogens is 350 g/mol. The number of rotatable bonds is 4. The van der Waals surface area contributed by atoms with E-state index in [9.17, 15) is 14.4 Å². The zero-order chi connectivity index (χ0) is 19.9. The minimum absolute atomic E-state index is 0.254. The van der Waals surface area contributed by atoms with Gasteiger partial charge >= 0.3 is 11.7 Å². The van der Waals surface area contributed by atoms with Crippen molar-refractivity contribution in [2.75, 3.05) is 7.11 Å². The number of imidazole rings is 1. The third-order valence-corrected chi connectivity index (χ3v) is 4.79. The highest BCUT2D eigenvalue weighted by Gasteiger charge is 2.20. The summed E-state index contributed by atoms with van der Waals surface area (Å²) in [6.45, 7) is 1.72. The van der Waals surface area contributed by atoms with E-state index in [1.807, 2.05) is 0 Å². The van der Waals surface area contributed by atoms with Gasteiger partial charge < -0.3 is 19.4 Å². The number of fused-ring (bicyclic) bond motifs is 1. The molecule has 3 aromatic heterocycles. The number of nitrogens with two attached hydrogens (primary N) is 1. The van der Waals surface area contributed by atoms with E-state index in [0.717, 1.165) is 10.3 Å². The minimum atomic E-state index is -0.807. The van der Waals surface area contributed by atoms with Crippen LogP contribution in [0, 0.1) is 6.92 Å². The van der Waals surface area contributed by atoms with Crippen LogP contribution >= 0.6 is 0 Å². The molecule has 0 amide bonds. The maximum Gasteiger partial charge on any atom is 0.330 e. The van der Waals surface area contributed by atoms with Gasteiger partial charge in [-0.3, -0.25) is 14.2 Å². The molecule has 0 aliphatic heterocycles. The van der Waals surface area contributed by atoms with Crippen molar-refractivity contribution in [2.45, 2.75) is 19.4 Å². The van der Waals surface area contributed by atoms with E-state index >= 15 is 0 Å². The topological polar surface area (TPSA) is 114 Å². The highest BCUT2D eigenvalue weighted by molar-refractivity contribution is 5.79. The van der Waals surface area contributed by atoms with Gasteiger partial charge in [-0.2, -0.15) is 0 Å². The molecule has 3 aromatic rings. The number of esters is 1. The molecule has 0 spiro atoms. The van der Waals surface area contributed by atoms with Gasteiger partial charge in [0.1, 0.15) is 11.7 Å². The van der Waals surface area contributed by atoms with Crippen LogP contribution in [0.4, 0.5) is 0 Å². The maximum atomic E-state index is 12.8. The van der Waals surface area contributed by atoms with Crippen LogP contribution in [-0.4, -0.2) is 37.6 Å². The van der Waals surface area contributed by atoms with Crippen LogP contribution in [0.5, 0.6) is 0 Å². The molecule has 0 radical (unpaired) electrons. The highest BCUT2D eigenvalue weighted by atomic mass is 16.5. The Hall–Kier alpha value is -3.20. The molecule has 0 unspecified atom stereocenters. The predicted molar refractivity (Wildman–Crippen MR) is 99.5 cm³/mol. The molecule has 0 aliphatic carbocycles. The summed E-state index contributed by atoms with van der Waals surface area (Å²) < 4.78 is 8.95. The number of carbonyl (C=O) groups is 1. The number of ether oxygens (including phenoxy) is 1. The second kappa shape index (κ2) is 6.84. The van der Waals surface area contributed by atoms with Gasteiger partial charge in [-0.05, 0) is 19.1 Å². The van der Waals surface area contributed by atoms with Crippen molar-refractivity contribution in [3.63, 3.8) is 0 Å². The van der Waals surface area contributed by atoms with Gasteiger partial charge in [0.25, 0.3) is 5.56 Å². The van der Waals surface area contributed by atoms with Crippen LogP contribution in [0.1, 0.15) is 11.4 Å². The molecule has 0 bridgehead atoms. The molecule has 3 rings (SSSR count). The van der Waals surface area contributed by atoms with Crippen LogP contribution in [0.15, 0.2) is 34.1 Å². The molecule has 3 heterocycles. The number of methoxy groups -OCH3 is 1. The monoisotopic (exact) mass is 371 g/mol. The Bertz CT molecular complexity index is 1150. The Morgan fingerprint density at radius 2 is 1.96 bits per heavy atom. The summed E-state index contributed by atoms with van der Waals surface area (Å²) in [7, 11) is 4.35.